The Labute approximate surface area is 116 Å². The Morgan fingerprint density at radius 3 is 2.37 bits per heavy atom. The lowest BCUT2D eigenvalue weighted by molar-refractivity contribution is 0.225. The zero-order chi connectivity index (χ0) is 14.5. The summed E-state index contributed by atoms with van der Waals surface area (Å²) in [5, 5.41) is 0. The molecule has 0 aliphatic carbocycles. The standard InChI is InChI=1S/C15H26N2O2/c1-6-17(11-15(2,3)16)10-12-7-8-13(18-4)9-14(12)19-5/h7-9H,6,10-11,16H2,1-5H3. The first-order valence-electron chi connectivity index (χ1n) is 6.61. The van der Waals surface area contributed by atoms with Gasteiger partial charge in [0.1, 0.15) is 11.5 Å². The SMILES string of the molecule is CCN(Cc1ccc(OC)cc1OC)CC(C)(C)N. The molecular weight excluding hydrogens is 240 g/mol. The van der Waals surface area contributed by atoms with Crippen molar-refractivity contribution in [1.29, 1.82) is 0 Å². The Morgan fingerprint density at radius 1 is 1.21 bits per heavy atom. The van der Waals surface area contributed by atoms with Crippen LogP contribution in [0.5, 0.6) is 11.5 Å². The molecule has 0 bridgehead atoms. The minimum absolute atomic E-state index is 0.199. The van der Waals surface area contributed by atoms with E-state index in [0.29, 0.717) is 0 Å². The van der Waals surface area contributed by atoms with E-state index in [9.17, 15) is 0 Å². The molecule has 1 aromatic rings. The van der Waals surface area contributed by atoms with Crippen LogP contribution >= 0.6 is 0 Å². The first-order valence-corrected chi connectivity index (χ1v) is 6.61. The summed E-state index contributed by atoms with van der Waals surface area (Å²) in [5.41, 5.74) is 7.04. The normalized spacial score (nSPS) is 11.7. The smallest absolute Gasteiger partial charge is 0.127 e. The third kappa shape index (κ3) is 5.09. The molecule has 2 N–H and O–H groups in total. The van der Waals surface area contributed by atoms with Crippen LogP contribution in [0.25, 0.3) is 0 Å². The minimum Gasteiger partial charge on any atom is -0.497 e. The number of likely N-dealkylation sites (N-methyl/N-ethyl adjacent to an activating group) is 1. The van der Waals surface area contributed by atoms with Crippen LogP contribution in [0.4, 0.5) is 0 Å². The second kappa shape index (κ2) is 6.78. The second-order valence-electron chi connectivity index (χ2n) is 5.47. The molecule has 0 spiro atoms. The molecule has 0 radical (unpaired) electrons. The first kappa shape index (κ1) is 15.8. The van der Waals surface area contributed by atoms with Crippen molar-refractivity contribution in [2.24, 2.45) is 5.73 Å². The van der Waals surface area contributed by atoms with Crippen LogP contribution in [0.2, 0.25) is 0 Å². The number of rotatable bonds is 7. The summed E-state index contributed by atoms with van der Waals surface area (Å²) in [6, 6.07) is 5.92. The van der Waals surface area contributed by atoms with Crippen molar-refractivity contribution in [3.8, 4) is 11.5 Å². The molecule has 0 saturated carbocycles. The largest absolute Gasteiger partial charge is 0.497 e. The molecule has 4 nitrogen and oxygen atoms in total. The van der Waals surface area contributed by atoms with Crippen molar-refractivity contribution < 1.29 is 9.47 Å². The monoisotopic (exact) mass is 266 g/mol. The van der Waals surface area contributed by atoms with Gasteiger partial charge in [0.15, 0.2) is 0 Å². The summed E-state index contributed by atoms with van der Waals surface area (Å²) in [4.78, 5) is 2.31. The molecule has 19 heavy (non-hydrogen) atoms. The molecule has 4 heteroatoms. The molecule has 0 amide bonds. The summed E-state index contributed by atoms with van der Waals surface area (Å²) in [5.74, 6) is 1.66. The van der Waals surface area contributed by atoms with Crippen LogP contribution in [-0.4, -0.2) is 37.7 Å². The van der Waals surface area contributed by atoms with E-state index in [4.69, 9.17) is 15.2 Å². The fraction of sp³-hybridized carbons (Fsp3) is 0.600. The zero-order valence-corrected chi connectivity index (χ0v) is 12.7. The first-order chi connectivity index (χ1) is 8.89. The lowest BCUT2D eigenvalue weighted by Crippen LogP contribution is -2.45. The third-order valence-corrected chi connectivity index (χ3v) is 2.97. The third-order valence-electron chi connectivity index (χ3n) is 2.97. The van der Waals surface area contributed by atoms with Crippen LogP contribution in [0.15, 0.2) is 18.2 Å². The highest BCUT2D eigenvalue weighted by atomic mass is 16.5. The summed E-state index contributed by atoms with van der Waals surface area (Å²) in [6.45, 7) is 8.85. The van der Waals surface area contributed by atoms with Gasteiger partial charge >= 0.3 is 0 Å². The van der Waals surface area contributed by atoms with E-state index in [2.05, 4.69) is 11.8 Å². The summed E-state index contributed by atoms with van der Waals surface area (Å²) in [7, 11) is 3.34. The van der Waals surface area contributed by atoms with Crippen LogP contribution in [0.1, 0.15) is 26.3 Å². The molecule has 108 valence electrons. The van der Waals surface area contributed by atoms with Crippen LogP contribution in [-0.2, 0) is 6.54 Å². The van der Waals surface area contributed by atoms with Gasteiger partial charge in [-0.3, -0.25) is 4.90 Å². The second-order valence-corrected chi connectivity index (χ2v) is 5.47. The van der Waals surface area contributed by atoms with E-state index in [1.165, 1.54) is 0 Å². The van der Waals surface area contributed by atoms with E-state index in [1.807, 2.05) is 32.0 Å². The highest BCUT2D eigenvalue weighted by molar-refractivity contribution is 5.40. The molecule has 0 atom stereocenters. The quantitative estimate of drug-likeness (QED) is 0.822. The molecule has 0 saturated heterocycles. The number of methoxy groups -OCH3 is 2. The van der Waals surface area contributed by atoms with Crippen molar-refractivity contribution in [3.05, 3.63) is 23.8 Å². The lowest BCUT2D eigenvalue weighted by atomic mass is 10.1. The van der Waals surface area contributed by atoms with Crippen molar-refractivity contribution >= 4 is 0 Å². The topological polar surface area (TPSA) is 47.7 Å². The Balaban J connectivity index is 2.84. The van der Waals surface area contributed by atoms with Crippen LogP contribution in [0.3, 0.4) is 0 Å². The predicted molar refractivity (Wildman–Crippen MR) is 78.8 cm³/mol. The Bertz CT molecular complexity index is 400. The highest BCUT2D eigenvalue weighted by Gasteiger charge is 2.17. The molecule has 0 unspecified atom stereocenters. The molecule has 1 aromatic carbocycles. The molecule has 1 rings (SSSR count). The summed E-state index contributed by atoms with van der Waals surface area (Å²) >= 11 is 0. The van der Waals surface area contributed by atoms with Gasteiger partial charge in [-0.05, 0) is 26.5 Å². The van der Waals surface area contributed by atoms with Gasteiger partial charge < -0.3 is 15.2 Å². The zero-order valence-electron chi connectivity index (χ0n) is 12.7. The van der Waals surface area contributed by atoms with Gasteiger partial charge in [-0.2, -0.15) is 0 Å². The average Bonchev–Trinajstić information content (AvgIpc) is 2.36. The lowest BCUT2D eigenvalue weighted by Gasteiger charge is -2.29. The number of ether oxygens (including phenoxy) is 2. The number of nitrogens with two attached hydrogens (primary N) is 1. The molecule has 0 aliphatic rings. The van der Waals surface area contributed by atoms with Crippen molar-refractivity contribution in [1.82, 2.24) is 4.90 Å². The maximum atomic E-state index is 6.09. The molecule has 0 aliphatic heterocycles. The summed E-state index contributed by atoms with van der Waals surface area (Å²) in [6.07, 6.45) is 0. The van der Waals surface area contributed by atoms with Gasteiger partial charge in [0.25, 0.3) is 0 Å². The Morgan fingerprint density at radius 2 is 1.89 bits per heavy atom. The van der Waals surface area contributed by atoms with Crippen molar-refractivity contribution in [2.45, 2.75) is 32.9 Å². The van der Waals surface area contributed by atoms with Crippen LogP contribution < -0.4 is 15.2 Å². The van der Waals surface area contributed by atoms with E-state index in [-0.39, 0.29) is 5.54 Å². The van der Waals surface area contributed by atoms with Gasteiger partial charge in [0.05, 0.1) is 14.2 Å². The fourth-order valence-corrected chi connectivity index (χ4v) is 2.08. The average molecular weight is 266 g/mol. The van der Waals surface area contributed by atoms with Crippen LogP contribution in [0, 0.1) is 0 Å². The summed E-state index contributed by atoms with van der Waals surface area (Å²) < 4.78 is 10.6. The molecule has 0 aromatic heterocycles. The predicted octanol–water partition coefficient (Wildman–Crippen LogP) is 2.26. The molecular formula is C15H26N2O2. The van der Waals surface area contributed by atoms with Gasteiger partial charge in [0, 0.05) is 30.3 Å². The van der Waals surface area contributed by atoms with Gasteiger partial charge in [-0.15, -0.1) is 0 Å². The van der Waals surface area contributed by atoms with Crippen molar-refractivity contribution in [2.75, 3.05) is 27.3 Å². The molecule has 0 fully saturated rings. The van der Waals surface area contributed by atoms with E-state index in [1.54, 1.807) is 14.2 Å². The maximum absolute atomic E-state index is 6.09. The van der Waals surface area contributed by atoms with Crippen molar-refractivity contribution in [3.63, 3.8) is 0 Å². The van der Waals surface area contributed by atoms with Gasteiger partial charge in [-0.1, -0.05) is 13.0 Å². The van der Waals surface area contributed by atoms with E-state index >= 15 is 0 Å². The number of hydrogen-bond donors (Lipinski definition) is 1. The molecule has 0 heterocycles. The maximum Gasteiger partial charge on any atom is 0.127 e. The highest BCUT2D eigenvalue weighted by Crippen LogP contribution is 2.25. The van der Waals surface area contributed by atoms with E-state index in [0.717, 1.165) is 36.7 Å². The number of hydrogen-bond acceptors (Lipinski definition) is 4. The number of nitrogens with zero attached hydrogens (tertiary/aromatic N) is 1. The fourth-order valence-electron chi connectivity index (χ4n) is 2.08. The van der Waals surface area contributed by atoms with Gasteiger partial charge in [0.2, 0.25) is 0 Å². The Kier molecular flexibility index (Phi) is 5.63. The van der Waals surface area contributed by atoms with Gasteiger partial charge in [-0.25, -0.2) is 0 Å². The number of benzene rings is 1. The Hall–Kier alpha value is -1.26. The van der Waals surface area contributed by atoms with E-state index < -0.39 is 0 Å². The minimum atomic E-state index is -0.199.